The average molecular weight is 403 g/mol. The molecule has 7 nitrogen and oxygen atoms in total. The molecule has 0 saturated heterocycles. The summed E-state index contributed by atoms with van der Waals surface area (Å²) in [6, 6.07) is 11.4. The highest BCUT2D eigenvalue weighted by molar-refractivity contribution is 6.21. The minimum atomic E-state index is -0.668. The molecule has 0 saturated carbocycles. The van der Waals surface area contributed by atoms with Crippen molar-refractivity contribution in [1.29, 1.82) is 0 Å². The molecule has 0 atom stereocenters. The summed E-state index contributed by atoms with van der Waals surface area (Å²) >= 11 is 0. The molecule has 3 aromatic rings. The molecule has 0 amide bonds. The third-order valence-corrected chi connectivity index (χ3v) is 4.72. The van der Waals surface area contributed by atoms with E-state index in [0.29, 0.717) is 5.82 Å². The molecule has 0 radical (unpaired) electrons. The van der Waals surface area contributed by atoms with E-state index in [9.17, 15) is 9.90 Å². The first kappa shape index (κ1) is 19.4. The highest BCUT2D eigenvalue weighted by Gasteiger charge is 2.27. The fraction of sp³-hybridized carbons (Fsp3) is 0.174. The monoisotopic (exact) mass is 403 g/mol. The molecule has 0 fully saturated rings. The van der Waals surface area contributed by atoms with Gasteiger partial charge < -0.3 is 19.6 Å². The summed E-state index contributed by atoms with van der Waals surface area (Å²) in [6.07, 6.45) is 5.85. The van der Waals surface area contributed by atoms with Gasteiger partial charge in [0, 0.05) is 29.2 Å². The van der Waals surface area contributed by atoms with Gasteiger partial charge >= 0.3 is 5.97 Å². The van der Waals surface area contributed by atoms with Crippen LogP contribution in [0.5, 0.6) is 5.75 Å². The first-order valence-corrected chi connectivity index (χ1v) is 9.70. The molecule has 0 spiro atoms. The molecular weight excluding hydrogens is 382 g/mol. The average Bonchev–Trinajstić information content (AvgIpc) is 3.30. The van der Waals surface area contributed by atoms with Gasteiger partial charge in [0.05, 0.1) is 6.61 Å². The van der Waals surface area contributed by atoms with E-state index in [1.165, 1.54) is 5.56 Å². The summed E-state index contributed by atoms with van der Waals surface area (Å²) in [7, 11) is 0. The number of fused-ring (bicyclic) bond motifs is 1. The van der Waals surface area contributed by atoms with Crippen LogP contribution in [0.2, 0.25) is 0 Å². The van der Waals surface area contributed by atoms with Crippen molar-refractivity contribution in [1.82, 2.24) is 4.98 Å². The van der Waals surface area contributed by atoms with Gasteiger partial charge in [-0.3, -0.25) is 0 Å². The summed E-state index contributed by atoms with van der Waals surface area (Å²) in [5.74, 6) is -0.125. The van der Waals surface area contributed by atoms with Crippen molar-refractivity contribution >= 4 is 41.2 Å². The molecule has 4 rings (SSSR count). The number of esters is 1. The van der Waals surface area contributed by atoms with Crippen LogP contribution in [0.3, 0.4) is 0 Å². The Morgan fingerprint density at radius 1 is 1.23 bits per heavy atom. The third-order valence-electron chi connectivity index (χ3n) is 4.72. The number of ether oxygens (including phenoxy) is 1. The first-order chi connectivity index (χ1) is 14.6. The lowest BCUT2D eigenvalue weighted by Gasteiger charge is -2.06. The lowest BCUT2D eigenvalue weighted by molar-refractivity contribution is 0.0524. The predicted molar refractivity (Wildman–Crippen MR) is 116 cm³/mol. The summed E-state index contributed by atoms with van der Waals surface area (Å²) in [6.45, 7) is 3.95. The van der Waals surface area contributed by atoms with E-state index in [0.717, 1.165) is 23.2 Å². The van der Waals surface area contributed by atoms with Crippen LogP contribution in [0.15, 0.2) is 52.0 Å². The second-order valence-corrected chi connectivity index (χ2v) is 6.65. The number of aryl methyl sites for hydroxylation is 1. The van der Waals surface area contributed by atoms with Crippen molar-refractivity contribution in [2.24, 2.45) is 4.99 Å². The van der Waals surface area contributed by atoms with Crippen molar-refractivity contribution in [3.05, 3.63) is 65.0 Å². The summed E-state index contributed by atoms with van der Waals surface area (Å²) in [5.41, 5.74) is 3.39. The van der Waals surface area contributed by atoms with Crippen LogP contribution >= 0.6 is 0 Å². The normalized spacial score (nSPS) is 13.5. The van der Waals surface area contributed by atoms with E-state index in [1.807, 2.05) is 30.3 Å². The third kappa shape index (κ3) is 3.69. The second kappa shape index (κ2) is 8.24. The fourth-order valence-electron chi connectivity index (χ4n) is 3.16. The van der Waals surface area contributed by atoms with Gasteiger partial charge in [-0.05, 0) is 49.2 Å². The molecule has 0 bridgehead atoms. The van der Waals surface area contributed by atoms with Gasteiger partial charge in [0.25, 0.3) is 0 Å². The number of rotatable bonds is 6. The number of pyridine rings is 1. The molecule has 0 unspecified atom stereocenters. The Bertz CT molecular complexity index is 1140. The molecule has 1 aliphatic rings. The molecule has 2 N–H and O–H groups in total. The number of aliphatic imine (C=N–C) groups is 1. The van der Waals surface area contributed by atoms with Gasteiger partial charge in [-0.15, -0.1) is 0 Å². The Balaban J connectivity index is 1.73. The van der Waals surface area contributed by atoms with Crippen LogP contribution < -0.4 is 5.32 Å². The van der Waals surface area contributed by atoms with Crippen molar-refractivity contribution < 1.29 is 19.1 Å². The molecular formula is C23H21N3O4. The fourth-order valence-corrected chi connectivity index (χ4v) is 3.16. The highest BCUT2D eigenvalue weighted by Crippen LogP contribution is 2.39. The van der Waals surface area contributed by atoms with Gasteiger partial charge in [0.15, 0.2) is 22.9 Å². The summed E-state index contributed by atoms with van der Waals surface area (Å²) in [4.78, 5) is 20.9. The maximum atomic E-state index is 12.5. The molecule has 1 aromatic carbocycles. The number of nitrogens with zero attached hydrogens (tertiary/aromatic N) is 2. The standard InChI is InChI=1S/C23H21N3O4/c1-3-14-7-9-16(10-8-14)26-22-19(23(28)29-4-2)20(27)18(30-22)12-15-13-25-21-17(15)6-5-11-24-21/h5-13,26-27H,3-4H2,1-2H3/b15-12+. The number of hydrogen-bond acceptors (Lipinski definition) is 7. The number of carbonyl (C=O) groups is 1. The number of carbonyl (C=O) groups excluding carboxylic acids is 1. The van der Waals surface area contributed by atoms with Crippen molar-refractivity contribution in [3.63, 3.8) is 0 Å². The number of benzene rings is 1. The van der Waals surface area contributed by atoms with E-state index >= 15 is 0 Å². The Morgan fingerprint density at radius 3 is 2.77 bits per heavy atom. The lowest BCUT2D eigenvalue weighted by Crippen LogP contribution is -2.06. The molecule has 152 valence electrons. The van der Waals surface area contributed by atoms with Crippen LogP contribution in [0.4, 0.5) is 17.4 Å². The maximum absolute atomic E-state index is 12.5. The van der Waals surface area contributed by atoms with E-state index in [2.05, 4.69) is 22.2 Å². The predicted octanol–water partition coefficient (Wildman–Crippen LogP) is 5.12. The van der Waals surface area contributed by atoms with Crippen LogP contribution in [0.25, 0.3) is 11.6 Å². The van der Waals surface area contributed by atoms with Crippen molar-refractivity contribution in [3.8, 4) is 5.75 Å². The topological polar surface area (TPSA) is 97.0 Å². The minimum Gasteiger partial charge on any atom is -0.504 e. The molecule has 30 heavy (non-hydrogen) atoms. The number of allylic oxidation sites excluding steroid dienone is 1. The van der Waals surface area contributed by atoms with Crippen LogP contribution in [0, 0.1) is 0 Å². The molecule has 2 aromatic heterocycles. The molecule has 0 aliphatic carbocycles. The van der Waals surface area contributed by atoms with Gasteiger partial charge in [0.2, 0.25) is 5.88 Å². The number of aromatic nitrogens is 1. The highest BCUT2D eigenvalue weighted by atomic mass is 16.5. The zero-order valence-electron chi connectivity index (χ0n) is 16.7. The smallest absolute Gasteiger partial charge is 0.347 e. The van der Waals surface area contributed by atoms with Crippen molar-refractivity contribution in [2.75, 3.05) is 11.9 Å². The summed E-state index contributed by atoms with van der Waals surface area (Å²) < 4.78 is 10.9. The zero-order chi connectivity index (χ0) is 21.1. The van der Waals surface area contributed by atoms with Crippen LogP contribution in [-0.4, -0.2) is 28.9 Å². The number of nitrogens with one attached hydrogen (secondary N) is 1. The molecule has 7 heteroatoms. The Labute approximate surface area is 173 Å². The maximum Gasteiger partial charge on any atom is 0.347 e. The van der Waals surface area contributed by atoms with Gasteiger partial charge in [-0.25, -0.2) is 14.8 Å². The van der Waals surface area contributed by atoms with Crippen LogP contribution in [-0.2, 0) is 11.2 Å². The van der Waals surface area contributed by atoms with E-state index in [1.54, 1.807) is 31.5 Å². The largest absolute Gasteiger partial charge is 0.504 e. The number of hydrogen-bond donors (Lipinski definition) is 2. The Hall–Kier alpha value is -3.87. The first-order valence-electron chi connectivity index (χ1n) is 9.70. The lowest BCUT2D eigenvalue weighted by atomic mass is 10.1. The minimum absolute atomic E-state index is 0.0513. The zero-order valence-corrected chi connectivity index (χ0v) is 16.7. The van der Waals surface area contributed by atoms with Crippen LogP contribution in [0.1, 0.15) is 41.1 Å². The van der Waals surface area contributed by atoms with E-state index < -0.39 is 5.97 Å². The second-order valence-electron chi connectivity index (χ2n) is 6.65. The SMILES string of the molecule is CCOC(=O)c1c(Nc2ccc(CC)cc2)oc(/C=C2\C=Nc3ncccc32)c1O. The molecule has 1 aliphatic heterocycles. The molecule has 3 heterocycles. The van der Waals surface area contributed by atoms with Crippen molar-refractivity contribution in [2.45, 2.75) is 20.3 Å². The van der Waals surface area contributed by atoms with Gasteiger partial charge in [-0.1, -0.05) is 19.1 Å². The quantitative estimate of drug-likeness (QED) is 0.555. The summed E-state index contributed by atoms with van der Waals surface area (Å²) in [5, 5.41) is 13.8. The Kier molecular flexibility index (Phi) is 5.34. The number of anilines is 2. The number of aromatic hydroxyl groups is 1. The van der Waals surface area contributed by atoms with E-state index in [-0.39, 0.29) is 29.6 Å². The Morgan fingerprint density at radius 2 is 2.03 bits per heavy atom. The van der Waals surface area contributed by atoms with Gasteiger partial charge in [0.1, 0.15) is 0 Å². The number of furan rings is 1. The van der Waals surface area contributed by atoms with E-state index in [4.69, 9.17) is 9.15 Å². The van der Waals surface area contributed by atoms with Gasteiger partial charge in [-0.2, -0.15) is 0 Å².